The summed E-state index contributed by atoms with van der Waals surface area (Å²) in [6, 6.07) is 0. The maximum atomic E-state index is 11.9. The van der Waals surface area contributed by atoms with Crippen molar-refractivity contribution in [2.45, 2.75) is 38.2 Å². The molecule has 2 rings (SSSR count). The van der Waals surface area contributed by atoms with E-state index in [-0.39, 0.29) is 24.4 Å². The first-order chi connectivity index (χ1) is 9.90. The zero-order chi connectivity index (χ0) is 15.6. The number of aliphatic carboxylic acids is 1. The first kappa shape index (κ1) is 15.2. The van der Waals surface area contributed by atoms with Gasteiger partial charge in [0, 0.05) is 18.9 Å². The predicted octanol–water partition coefficient (Wildman–Crippen LogP) is -0.479. The number of amides is 1. The van der Waals surface area contributed by atoms with E-state index in [9.17, 15) is 14.4 Å². The highest BCUT2D eigenvalue weighted by molar-refractivity contribution is 5.94. The molecule has 8 nitrogen and oxygen atoms in total. The summed E-state index contributed by atoms with van der Waals surface area (Å²) in [4.78, 5) is 41.1. The number of carboxylic acids is 1. The number of carboxylic acid groups (broad SMARTS) is 1. The third-order valence-corrected chi connectivity index (χ3v) is 3.30. The molecule has 0 aliphatic heterocycles. The highest BCUT2D eigenvalue weighted by Crippen LogP contribution is 2.37. The van der Waals surface area contributed by atoms with Gasteiger partial charge in [-0.05, 0) is 19.8 Å². The quantitative estimate of drug-likeness (QED) is 0.560. The Morgan fingerprint density at radius 3 is 2.67 bits per heavy atom. The largest absolute Gasteiger partial charge is 0.479 e. The average Bonchev–Trinajstić information content (AvgIpc) is 3.21. The summed E-state index contributed by atoms with van der Waals surface area (Å²) in [5, 5.41) is 20.0. The summed E-state index contributed by atoms with van der Waals surface area (Å²) in [6.45, 7) is 1.54. The normalized spacial score (nSPS) is 15.5. The van der Waals surface area contributed by atoms with Gasteiger partial charge in [-0.1, -0.05) is 0 Å². The van der Waals surface area contributed by atoms with E-state index in [4.69, 9.17) is 10.2 Å². The highest BCUT2D eigenvalue weighted by Gasteiger charge is 2.28. The maximum absolute atomic E-state index is 11.9. The van der Waals surface area contributed by atoms with Crippen LogP contribution in [0.5, 0.6) is 0 Å². The van der Waals surface area contributed by atoms with Crippen molar-refractivity contribution in [3.05, 3.63) is 27.4 Å². The smallest absolute Gasteiger partial charge is 0.332 e. The number of aryl methyl sites for hydroxylation is 1. The van der Waals surface area contributed by atoms with E-state index in [0.29, 0.717) is 11.5 Å². The van der Waals surface area contributed by atoms with Crippen LogP contribution in [0.2, 0.25) is 0 Å². The Bertz CT molecular complexity index is 621. The zero-order valence-corrected chi connectivity index (χ0v) is 11.5. The van der Waals surface area contributed by atoms with Crippen LogP contribution < -0.4 is 10.9 Å². The summed E-state index contributed by atoms with van der Waals surface area (Å²) in [5.41, 5.74) is -0.234. The molecule has 1 atom stereocenters. The van der Waals surface area contributed by atoms with E-state index in [1.165, 1.54) is 0 Å². The summed E-state index contributed by atoms with van der Waals surface area (Å²) in [6.07, 6.45) is 0.299. The minimum atomic E-state index is -1.54. The van der Waals surface area contributed by atoms with Crippen molar-refractivity contribution >= 4 is 11.9 Å². The monoisotopic (exact) mass is 295 g/mol. The van der Waals surface area contributed by atoms with Crippen LogP contribution in [-0.4, -0.2) is 44.7 Å². The topological polar surface area (TPSA) is 132 Å². The number of hydrogen-bond donors (Lipinski definition) is 4. The van der Waals surface area contributed by atoms with E-state index in [1.807, 2.05) is 0 Å². The molecule has 1 aliphatic rings. The molecule has 21 heavy (non-hydrogen) atoms. The molecular weight excluding hydrogens is 278 g/mol. The first-order valence-electron chi connectivity index (χ1n) is 6.70. The summed E-state index contributed by atoms with van der Waals surface area (Å²) in [7, 11) is 0. The Hall–Kier alpha value is -2.22. The van der Waals surface area contributed by atoms with E-state index in [0.717, 1.165) is 12.8 Å². The van der Waals surface area contributed by atoms with Gasteiger partial charge in [0.1, 0.15) is 11.4 Å². The van der Waals surface area contributed by atoms with Gasteiger partial charge in [-0.25, -0.2) is 9.78 Å². The Morgan fingerprint density at radius 1 is 1.48 bits per heavy atom. The molecule has 0 saturated heterocycles. The van der Waals surface area contributed by atoms with Crippen LogP contribution >= 0.6 is 0 Å². The molecule has 8 heteroatoms. The van der Waals surface area contributed by atoms with E-state index in [1.54, 1.807) is 6.92 Å². The molecule has 1 aliphatic carbocycles. The van der Waals surface area contributed by atoms with Crippen LogP contribution in [0.15, 0.2) is 4.79 Å². The van der Waals surface area contributed by atoms with Crippen molar-refractivity contribution < 1.29 is 19.8 Å². The number of aromatic nitrogens is 2. The molecule has 1 heterocycles. The number of hydrogen-bond acceptors (Lipinski definition) is 5. The van der Waals surface area contributed by atoms with Crippen LogP contribution in [0.4, 0.5) is 0 Å². The van der Waals surface area contributed by atoms with E-state index in [2.05, 4.69) is 15.3 Å². The molecular formula is C13H17N3O5. The standard InChI is InChI=1S/C13H17N3O5/c1-6-9(11(18)14-5-4-8(17)13(20)21)12(19)16-10(15-6)7-2-3-7/h7-8,17H,2-5H2,1H3,(H,14,18)(H,20,21)(H,15,16,19)/t8-/m0/s1. The van der Waals surface area contributed by atoms with Crippen molar-refractivity contribution in [2.75, 3.05) is 6.54 Å². The molecule has 1 aromatic rings. The van der Waals surface area contributed by atoms with Gasteiger partial charge in [-0.15, -0.1) is 0 Å². The van der Waals surface area contributed by atoms with Crippen molar-refractivity contribution in [1.82, 2.24) is 15.3 Å². The molecule has 114 valence electrons. The van der Waals surface area contributed by atoms with E-state index < -0.39 is 23.5 Å². The van der Waals surface area contributed by atoms with Gasteiger partial charge in [-0.3, -0.25) is 9.59 Å². The first-order valence-corrected chi connectivity index (χ1v) is 6.70. The van der Waals surface area contributed by atoms with Gasteiger partial charge in [0.25, 0.3) is 11.5 Å². The summed E-state index contributed by atoms with van der Waals surface area (Å²) < 4.78 is 0. The number of carbonyl (C=O) groups excluding carboxylic acids is 1. The summed E-state index contributed by atoms with van der Waals surface area (Å²) in [5.74, 6) is -1.09. The minimum absolute atomic E-state index is 0.0461. The second-order valence-corrected chi connectivity index (χ2v) is 5.08. The second kappa shape index (κ2) is 6.04. The highest BCUT2D eigenvalue weighted by atomic mass is 16.4. The van der Waals surface area contributed by atoms with Gasteiger partial charge >= 0.3 is 5.97 Å². The second-order valence-electron chi connectivity index (χ2n) is 5.08. The molecule has 1 aromatic heterocycles. The Balaban J connectivity index is 2.02. The van der Waals surface area contributed by atoms with Gasteiger partial charge < -0.3 is 20.5 Å². The molecule has 1 saturated carbocycles. The number of nitrogens with zero attached hydrogens (tertiary/aromatic N) is 1. The van der Waals surface area contributed by atoms with Crippen molar-refractivity contribution in [3.63, 3.8) is 0 Å². The lowest BCUT2D eigenvalue weighted by atomic mass is 10.2. The Labute approximate surface area is 120 Å². The van der Waals surface area contributed by atoms with Crippen molar-refractivity contribution in [3.8, 4) is 0 Å². The number of aliphatic hydroxyl groups is 1. The third-order valence-electron chi connectivity index (χ3n) is 3.30. The molecule has 0 aromatic carbocycles. The van der Waals surface area contributed by atoms with Crippen LogP contribution in [0.3, 0.4) is 0 Å². The SMILES string of the molecule is Cc1nc(C2CC2)[nH]c(=O)c1C(=O)NCC[C@H](O)C(=O)O. The summed E-state index contributed by atoms with van der Waals surface area (Å²) >= 11 is 0. The fraction of sp³-hybridized carbons (Fsp3) is 0.538. The molecule has 0 unspecified atom stereocenters. The maximum Gasteiger partial charge on any atom is 0.332 e. The van der Waals surface area contributed by atoms with Crippen LogP contribution in [0.25, 0.3) is 0 Å². The molecule has 0 bridgehead atoms. The number of rotatable bonds is 6. The van der Waals surface area contributed by atoms with Gasteiger partial charge in [0.15, 0.2) is 6.10 Å². The zero-order valence-electron chi connectivity index (χ0n) is 11.5. The lowest BCUT2D eigenvalue weighted by Gasteiger charge is -2.09. The number of aromatic amines is 1. The Morgan fingerprint density at radius 2 is 2.14 bits per heavy atom. The fourth-order valence-corrected chi connectivity index (χ4v) is 1.96. The van der Waals surface area contributed by atoms with Gasteiger partial charge in [0.05, 0.1) is 5.69 Å². The molecule has 0 spiro atoms. The lowest BCUT2D eigenvalue weighted by molar-refractivity contribution is -0.146. The predicted molar refractivity (Wildman–Crippen MR) is 72.2 cm³/mol. The van der Waals surface area contributed by atoms with Crippen LogP contribution in [-0.2, 0) is 4.79 Å². The molecule has 0 radical (unpaired) electrons. The van der Waals surface area contributed by atoms with Crippen LogP contribution in [0, 0.1) is 6.92 Å². The third kappa shape index (κ3) is 3.66. The van der Waals surface area contributed by atoms with Crippen molar-refractivity contribution in [1.29, 1.82) is 0 Å². The lowest BCUT2D eigenvalue weighted by Crippen LogP contribution is -2.34. The average molecular weight is 295 g/mol. The van der Waals surface area contributed by atoms with Crippen molar-refractivity contribution in [2.24, 2.45) is 0 Å². The van der Waals surface area contributed by atoms with Crippen LogP contribution in [0.1, 0.15) is 47.1 Å². The Kier molecular flexibility index (Phi) is 4.37. The fourth-order valence-electron chi connectivity index (χ4n) is 1.96. The van der Waals surface area contributed by atoms with Gasteiger partial charge in [0.2, 0.25) is 0 Å². The molecule has 1 fully saturated rings. The minimum Gasteiger partial charge on any atom is -0.479 e. The van der Waals surface area contributed by atoms with Gasteiger partial charge in [-0.2, -0.15) is 0 Å². The number of nitrogens with one attached hydrogen (secondary N) is 2. The van der Waals surface area contributed by atoms with E-state index >= 15 is 0 Å². The number of carbonyl (C=O) groups is 2. The molecule has 4 N–H and O–H groups in total. The molecule has 1 amide bonds. The number of H-pyrrole nitrogens is 1. The number of aliphatic hydroxyl groups excluding tert-OH is 1.